The molecule has 2 unspecified atom stereocenters. The van der Waals surface area contributed by atoms with Crippen molar-refractivity contribution >= 4 is 20.8 Å². The summed E-state index contributed by atoms with van der Waals surface area (Å²) in [6.45, 7) is 0.834. The molecule has 0 aliphatic heterocycles. The van der Waals surface area contributed by atoms with Gasteiger partial charge in [-0.25, -0.2) is 13.1 Å². The lowest BCUT2D eigenvalue weighted by Crippen LogP contribution is -2.32. The summed E-state index contributed by atoms with van der Waals surface area (Å²) in [5.41, 5.74) is -0.216. The van der Waals surface area contributed by atoms with Crippen LogP contribution in [0.15, 0.2) is 58.2 Å². The van der Waals surface area contributed by atoms with Gasteiger partial charge in [-0.15, -0.1) is 0 Å². The highest BCUT2D eigenvalue weighted by Gasteiger charge is 2.27. The molecule has 2 heterocycles. The van der Waals surface area contributed by atoms with Crippen molar-refractivity contribution in [2.75, 3.05) is 12.9 Å². The van der Waals surface area contributed by atoms with E-state index in [0.717, 1.165) is 23.6 Å². The normalized spacial score (nSPS) is 19.6. The predicted octanol–water partition coefficient (Wildman–Crippen LogP) is 2.74. The van der Waals surface area contributed by atoms with Gasteiger partial charge < -0.3 is 13.7 Å². The Morgan fingerprint density at radius 3 is 2.59 bits per heavy atom. The molecule has 0 spiro atoms. The second-order valence-corrected chi connectivity index (χ2v) is 9.49. The molecule has 1 aliphatic carbocycles. The molecule has 1 N–H and O–H groups in total. The highest BCUT2D eigenvalue weighted by atomic mass is 32.2. The van der Waals surface area contributed by atoms with Gasteiger partial charge in [-0.1, -0.05) is 24.3 Å². The van der Waals surface area contributed by atoms with Crippen molar-refractivity contribution < 1.29 is 17.6 Å². The molecular formula is C21H24N2O5S. The summed E-state index contributed by atoms with van der Waals surface area (Å²) >= 11 is 0. The lowest BCUT2D eigenvalue weighted by atomic mass is 10.1. The Labute approximate surface area is 169 Å². The Balaban J connectivity index is 1.35. The summed E-state index contributed by atoms with van der Waals surface area (Å²) in [6, 6.07) is 9.46. The van der Waals surface area contributed by atoms with Gasteiger partial charge >= 0.3 is 0 Å². The van der Waals surface area contributed by atoms with Gasteiger partial charge in [-0.05, 0) is 36.0 Å². The van der Waals surface area contributed by atoms with Crippen molar-refractivity contribution in [3.05, 3.63) is 65.0 Å². The van der Waals surface area contributed by atoms with Crippen LogP contribution in [0.3, 0.4) is 0 Å². The molecule has 154 valence electrons. The van der Waals surface area contributed by atoms with Gasteiger partial charge in [0.25, 0.3) is 0 Å². The number of fused-ring (bicyclic) bond motifs is 1. The van der Waals surface area contributed by atoms with Crippen LogP contribution in [0.25, 0.3) is 10.8 Å². The van der Waals surface area contributed by atoms with E-state index >= 15 is 0 Å². The fraction of sp³-hybridized carbons (Fsp3) is 0.381. The van der Waals surface area contributed by atoms with Gasteiger partial charge in [-0.2, -0.15) is 0 Å². The minimum atomic E-state index is -3.20. The van der Waals surface area contributed by atoms with Gasteiger partial charge in [0.05, 0.1) is 19.4 Å². The zero-order valence-corrected chi connectivity index (χ0v) is 17.0. The molecule has 0 bridgehead atoms. The van der Waals surface area contributed by atoms with Gasteiger partial charge in [0, 0.05) is 24.5 Å². The monoisotopic (exact) mass is 416 g/mol. The average Bonchev–Trinajstić information content (AvgIpc) is 3.25. The molecule has 8 heteroatoms. The number of hydrogen-bond acceptors (Lipinski definition) is 5. The molecule has 1 fully saturated rings. The van der Waals surface area contributed by atoms with Crippen LogP contribution in [0.4, 0.5) is 0 Å². The lowest BCUT2D eigenvalue weighted by molar-refractivity contribution is 0.240. The first kappa shape index (κ1) is 19.7. The quantitative estimate of drug-likeness (QED) is 0.640. The molecule has 29 heavy (non-hydrogen) atoms. The van der Waals surface area contributed by atoms with Crippen LogP contribution in [0.5, 0.6) is 5.75 Å². The molecule has 2 aromatic heterocycles. The fourth-order valence-corrected chi connectivity index (χ4v) is 4.70. The molecule has 0 saturated heterocycles. The van der Waals surface area contributed by atoms with Crippen molar-refractivity contribution in [3.8, 4) is 5.75 Å². The van der Waals surface area contributed by atoms with E-state index in [1.54, 1.807) is 0 Å². The number of aromatic nitrogens is 1. The third-order valence-electron chi connectivity index (χ3n) is 5.19. The van der Waals surface area contributed by atoms with E-state index in [1.165, 1.54) is 18.6 Å². The van der Waals surface area contributed by atoms with Crippen molar-refractivity contribution in [1.29, 1.82) is 0 Å². The number of nitrogens with zero attached hydrogens (tertiary/aromatic N) is 1. The summed E-state index contributed by atoms with van der Waals surface area (Å²) in [7, 11) is -3.20. The first-order valence-electron chi connectivity index (χ1n) is 9.62. The number of hydrogen-bond donors (Lipinski definition) is 1. The van der Waals surface area contributed by atoms with E-state index in [9.17, 15) is 13.2 Å². The zero-order valence-electron chi connectivity index (χ0n) is 16.2. The average molecular weight is 416 g/mol. The topological polar surface area (TPSA) is 90.5 Å². The van der Waals surface area contributed by atoms with Crippen LogP contribution in [0, 0.1) is 5.92 Å². The maximum atomic E-state index is 12.4. The summed E-state index contributed by atoms with van der Waals surface area (Å²) < 4.78 is 38.5. The van der Waals surface area contributed by atoms with E-state index in [4.69, 9.17) is 9.15 Å². The van der Waals surface area contributed by atoms with Crippen LogP contribution in [-0.2, 0) is 16.6 Å². The molecule has 0 radical (unpaired) electrons. The Bertz CT molecular complexity index is 1130. The summed E-state index contributed by atoms with van der Waals surface area (Å²) in [5, 5.41) is 2.27. The number of nitrogens with one attached hydrogen (secondary N) is 1. The van der Waals surface area contributed by atoms with E-state index < -0.39 is 10.0 Å². The van der Waals surface area contributed by atoms with Gasteiger partial charge in [0.15, 0.2) is 0 Å². The van der Waals surface area contributed by atoms with E-state index in [2.05, 4.69) is 4.72 Å². The molecule has 1 saturated carbocycles. The van der Waals surface area contributed by atoms with Crippen LogP contribution >= 0.6 is 0 Å². The lowest BCUT2D eigenvalue weighted by Gasteiger charge is -2.13. The van der Waals surface area contributed by atoms with Crippen LogP contribution in [0.1, 0.15) is 25.0 Å². The third-order valence-corrected chi connectivity index (χ3v) is 5.95. The van der Waals surface area contributed by atoms with Crippen molar-refractivity contribution in [3.63, 3.8) is 0 Å². The molecule has 4 rings (SSSR count). The Hall–Kier alpha value is -2.58. The number of rotatable bonds is 7. The number of benzene rings is 1. The van der Waals surface area contributed by atoms with Crippen molar-refractivity contribution in [1.82, 2.24) is 9.29 Å². The van der Waals surface area contributed by atoms with Crippen LogP contribution in [-0.4, -0.2) is 31.9 Å². The Kier molecular flexibility index (Phi) is 5.47. The molecule has 0 amide bonds. The molecule has 1 aromatic carbocycles. The highest BCUT2D eigenvalue weighted by Crippen LogP contribution is 2.26. The smallest absolute Gasteiger partial charge is 0.227 e. The van der Waals surface area contributed by atoms with Crippen LogP contribution in [0.2, 0.25) is 0 Å². The highest BCUT2D eigenvalue weighted by molar-refractivity contribution is 7.88. The summed E-state index contributed by atoms with van der Waals surface area (Å²) in [6.07, 6.45) is 8.90. The van der Waals surface area contributed by atoms with E-state index in [0.29, 0.717) is 25.3 Å². The Morgan fingerprint density at radius 1 is 1.21 bits per heavy atom. The first-order chi connectivity index (χ1) is 13.9. The fourth-order valence-electron chi connectivity index (χ4n) is 3.88. The van der Waals surface area contributed by atoms with E-state index in [1.807, 2.05) is 41.2 Å². The van der Waals surface area contributed by atoms with Gasteiger partial charge in [0.2, 0.25) is 21.2 Å². The summed E-state index contributed by atoms with van der Waals surface area (Å²) in [5.74, 6) is 0.951. The zero-order chi connectivity index (χ0) is 20.4. The Morgan fingerprint density at radius 2 is 1.93 bits per heavy atom. The maximum absolute atomic E-state index is 12.4. The largest absolute Gasteiger partial charge is 0.486 e. The second kappa shape index (κ2) is 8.04. The third kappa shape index (κ3) is 5.07. The standard InChI is InChI=1S/C21H24N2O5S/c1-29(25,26)22-18-7-6-15(8-18)13-28-21-14-27-19(9-20(21)24)12-23-10-16-4-2-3-5-17(16)11-23/h2-5,9-11,14-15,18,22H,6-8,12-13H2,1H3. The predicted molar refractivity (Wildman–Crippen MR) is 111 cm³/mol. The minimum absolute atomic E-state index is 0.0607. The molecule has 2 atom stereocenters. The molecular weight excluding hydrogens is 392 g/mol. The van der Waals surface area contributed by atoms with E-state index in [-0.39, 0.29) is 23.1 Å². The second-order valence-electron chi connectivity index (χ2n) is 7.71. The van der Waals surface area contributed by atoms with Crippen LogP contribution < -0.4 is 14.9 Å². The SMILES string of the molecule is CS(=O)(=O)NC1CCC(COc2coc(Cn3cc4ccccc4c3)cc2=O)C1. The number of sulfonamides is 1. The molecule has 3 aromatic rings. The molecule has 7 nitrogen and oxygen atoms in total. The molecule has 1 aliphatic rings. The first-order valence-corrected chi connectivity index (χ1v) is 11.5. The van der Waals surface area contributed by atoms with Gasteiger partial charge in [-0.3, -0.25) is 4.79 Å². The summed E-state index contributed by atoms with van der Waals surface area (Å²) in [4.78, 5) is 12.4. The van der Waals surface area contributed by atoms with Gasteiger partial charge in [0.1, 0.15) is 12.0 Å². The van der Waals surface area contributed by atoms with Crippen molar-refractivity contribution in [2.45, 2.75) is 31.8 Å². The number of ether oxygens (including phenoxy) is 1. The minimum Gasteiger partial charge on any atom is -0.486 e. The van der Waals surface area contributed by atoms with Crippen molar-refractivity contribution in [2.24, 2.45) is 5.92 Å². The maximum Gasteiger partial charge on any atom is 0.227 e.